The zero-order valence-electron chi connectivity index (χ0n) is 7.76. The van der Waals surface area contributed by atoms with E-state index in [1.54, 1.807) is 0 Å². The van der Waals surface area contributed by atoms with Gasteiger partial charge in [-0.2, -0.15) is 0 Å². The van der Waals surface area contributed by atoms with Crippen LogP contribution < -0.4 is 0 Å². The molecule has 0 N–H and O–H groups in total. The van der Waals surface area contributed by atoms with Gasteiger partial charge >= 0.3 is 0 Å². The predicted molar refractivity (Wildman–Crippen MR) is 51.0 cm³/mol. The zero-order valence-corrected chi connectivity index (χ0v) is 8.57. The molecule has 0 rings (SSSR count). The molecule has 2 nitrogen and oxygen atoms in total. The topological polar surface area (TPSA) is 20.3 Å². The second-order valence-corrected chi connectivity index (χ2v) is 4.64. The minimum absolute atomic E-state index is 0.270. The van der Waals surface area contributed by atoms with E-state index in [0.717, 1.165) is 18.7 Å². The SMILES string of the molecule is CCN(CC(C)(C)C)SC=O. The van der Waals surface area contributed by atoms with E-state index in [-0.39, 0.29) is 5.41 Å². The number of hydrogen-bond acceptors (Lipinski definition) is 3. The van der Waals surface area contributed by atoms with Gasteiger partial charge in [0.05, 0.1) is 0 Å². The van der Waals surface area contributed by atoms with Crippen LogP contribution in [0.3, 0.4) is 0 Å². The average Bonchev–Trinajstić information content (AvgIpc) is 1.84. The van der Waals surface area contributed by atoms with E-state index in [0.29, 0.717) is 0 Å². The second kappa shape index (κ2) is 4.78. The lowest BCUT2D eigenvalue weighted by Gasteiger charge is -2.25. The van der Waals surface area contributed by atoms with Crippen molar-refractivity contribution in [2.24, 2.45) is 5.41 Å². The molecule has 11 heavy (non-hydrogen) atoms. The summed E-state index contributed by atoms with van der Waals surface area (Å²) < 4.78 is 2.06. The maximum atomic E-state index is 10.2. The first-order chi connectivity index (χ1) is 4.99. The van der Waals surface area contributed by atoms with Crippen LogP contribution in [0, 0.1) is 5.41 Å². The Kier molecular flexibility index (Phi) is 4.77. The Balaban J connectivity index is 3.77. The summed E-state index contributed by atoms with van der Waals surface area (Å²) in [7, 11) is 0. The molecule has 0 unspecified atom stereocenters. The number of nitrogens with zero attached hydrogens (tertiary/aromatic N) is 1. The van der Waals surface area contributed by atoms with Crippen molar-refractivity contribution < 1.29 is 4.79 Å². The van der Waals surface area contributed by atoms with Gasteiger partial charge in [0.1, 0.15) is 0 Å². The largest absolute Gasteiger partial charge is 0.290 e. The summed E-state index contributed by atoms with van der Waals surface area (Å²) in [4.78, 5) is 10.2. The molecule has 0 aliphatic carbocycles. The summed E-state index contributed by atoms with van der Waals surface area (Å²) in [6.45, 7) is 10.4. The fraction of sp³-hybridized carbons (Fsp3) is 0.875. The maximum absolute atomic E-state index is 10.2. The van der Waals surface area contributed by atoms with Crippen LogP contribution in [-0.4, -0.2) is 23.0 Å². The quantitative estimate of drug-likeness (QED) is 0.482. The van der Waals surface area contributed by atoms with Crippen LogP contribution in [0.15, 0.2) is 0 Å². The third kappa shape index (κ3) is 6.38. The van der Waals surface area contributed by atoms with E-state index in [9.17, 15) is 4.79 Å². The average molecular weight is 175 g/mol. The van der Waals surface area contributed by atoms with Crippen LogP contribution >= 0.6 is 11.9 Å². The highest BCUT2D eigenvalue weighted by atomic mass is 32.2. The molecule has 66 valence electrons. The van der Waals surface area contributed by atoms with Crippen LogP contribution in [-0.2, 0) is 4.79 Å². The third-order valence-electron chi connectivity index (χ3n) is 1.20. The van der Waals surface area contributed by atoms with Gasteiger partial charge in [-0.3, -0.25) is 4.79 Å². The first-order valence-corrected chi connectivity index (χ1v) is 4.68. The van der Waals surface area contributed by atoms with Crippen LogP contribution in [0.1, 0.15) is 27.7 Å². The molecule has 0 bridgehead atoms. The van der Waals surface area contributed by atoms with Crippen LogP contribution in [0.4, 0.5) is 0 Å². The van der Waals surface area contributed by atoms with E-state index in [4.69, 9.17) is 0 Å². The van der Waals surface area contributed by atoms with Gasteiger partial charge in [-0.25, -0.2) is 4.31 Å². The normalized spacial score (nSPS) is 12.1. The highest BCUT2D eigenvalue weighted by Crippen LogP contribution is 2.18. The molecule has 0 aromatic carbocycles. The Morgan fingerprint density at radius 3 is 2.27 bits per heavy atom. The Labute approximate surface area is 73.5 Å². The number of rotatable bonds is 4. The minimum Gasteiger partial charge on any atom is -0.290 e. The molecule has 3 heteroatoms. The molecule has 0 aliphatic heterocycles. The van der Waals surface area contributed by atoms with E-state index in [2.05, 4.69) is 32.0 Å². The molecule has 0 spiro atoms. The van der Waals surface area contributed by atoms with Crippen LogP contribution in [0.5, 0.6) is 0 Å². The first kappa shape index (κ1) is 11.0. The summed E-state index contributed by atoms with van der Waals surface area (Å²) >= 11 is 1.26. The molecule has 0 amide bonds. The summed E-state index contributed by atoms with van der Waals surface area (Å²) in [6.07, 6.45) is 0. The summed E-state index contributed by atoms with van der Waals surface area (Å²) in [5, 5.41) is 0. The highest BCUT2D eigenvalue weighted by molar-refractivity contribution is 8.09. The Hall–Kier alpha value is -0.0200. The molecule has 0 heterocycles. The first-order valence-electron chi connectivity index (χ1n) is 3.85. The highest BCUT2D eigenvalue weighted by Gasteiger charge is 2.14. The van der Waals surface area contributed by atoms with E-state index in [1.165, 1.54) is 11.9 Å². The lowest BCUT2D eigenvalue weighted by Crippen LogP contribution is -2.27. The third-order valence-corrected chi connectivity index (χ3v) is 1.97. The Morgan fingerprint density at radius 1 is 1.45 bits per heavy atom. The van der Waals surface area contributed by atoms with Crippen molar-refractivity contribution >= 4 is 17.6 Å². The lowest BCUT2D eigenvalue weighted by molar-refractivity contribution is 0.309. The molecule has 0 saturated heterocycles. The van der Waals surface area contributed by atoms with Crippen molar-refractivity contribution in [2.75, 3.05) is 13.1 Å². The number of carbonyl (C=O) groups excluding carboxylic acids is 1. The number of hydrogen-bond donors (Lipinski definition) is 0. The standard InChI is InChI=1S/C8H17NOS/c1-5-9(11-7-10)6-8(2,3)4/h7H,5-6H2,1-4H3. The predicted octanol–water partition coefficient (Wildman–Crippen LogP) is 2.19. The van der Waals surface area contributed by atoms with Crippen LogP contribution in [0.25, 0.3) is 0 Å². The molecule has 0 fully saturated rings. The van der Waals surface area contributed by atoms with Crippen molar-refractivity contribution in [3.8, 4) is 0 Å². The minimum atomic E-state index is 0.270. The van der Waals surface area contributed by atoms with Crippen molar-refractivity contribution in [3.63, 3.8) is 0 Å². The van der Waals surface area contributed by atoms with Gasteiger partial charge in [0.25, 0.3) is 0 Å². The molecule has 0 aromatic rings. The van der Waals surface area contributed by atoms with Gasteiger partial charge in [-0.1, -0.05) is 27.7 Å². The van der Waals surface area contributed by atoms with Gasteiger partial charge in [-0.05, 0) is 17.4 Å². The van der Waals surface area contributed by atoms with Crippen molar-refractivity contribution in [1.82, 2.24) is 4.31 Å². The molecule has 0 radical (unpaired) electrons. The monoisotopic (exact) mass is 175 g/mol. The Morgan fingerprint density at radius 2 is 2.00 bits per heavy atom. The molecular formula is C8H17NOS. The smallest absolute Gasteiger partial charge is 0.191 e. The van der Waals surface area contributed by atoms with Crippen LogP contribution in [0.2, 0.25) is 0 Å². The molecule has 0 aromatic heterocycles. The molecule has 0 aliphatic rings. The second-order valence-electron chi connectivity index (χ2n) is 3.72. The summed E-state index contributed by atoms with van der Waals surface area (Å²) in [5.74, 6) is 0. The van der Waals surface area contributed by atoms with E-state index < -0.39 is 0 Å². The summed E-state index contributed by atoms with van der Waals surface area (Å²) in [6, 6.07) is 0. The fourth-order valence-corrected chi connectivity index (χ4v) is 1.55. The summed E-state index contributed by atoms with van der Waals surface area (Å²) in [5.41, 5.74) is 1.15. The van der Waals surface area contributed by atoms with Gasteiger partial charge in [-0.15, -0.1) is 0 Å². The van der Waals surface area contributed by atoms with Gasteiger partial charge in [0, 0.05) is 13.1 Å². The molecular weight excluding hydrogens is 158 g/mol. The van der Waals surface area contributed by atoms with Crippen molar-refractivity contribution in [1.29, 1.82) is 0 Å². The Bertz CT molecular complexity index is 120. The lowest BCUT2D eigenvalue weighted by atomic mass is 9.97. The molecule has 0 saturated carbocycles. The fourth-order valence-electron chi connectivity index (χ4n) is 0.814. The van der Waals surface area contributed by atoms with Gasteiger partial charge in [0.15, 0.2) is 5.62 Å². The van der Waals surface area contributed by atoms with Crippen molar-refractivity contribution in [2.45, 2.75) is 27.7 Å². The van der Waals surface area contributed by atoms with Crippen molar-refractivity contribution in [3.05, 3.63) is 0 Å². The van der Waals surface area contributed by atoms with E-state index in [1.807, 2.05) is 0 Å². The zero-order chi connectivity index (χ0) is 8.91. The van der Waals surface area contributed by atoms with Gasteiger partial charge < -0.3 is 0 Å². The molecule has 0 atom stereocenters. The van der Waals surface area contributed by atoms with Gasteiger partial charge in [0.2, 0.25) is 0 Å². The number of carbonyl (C=O) groups is 1. The van der Waals surface area contributed by atoms with E-state index >= 15 is 0 Å². The maximum Gasteiger partial charge on any atom is 0.191 e.